The molecular formula is C23H22FN3O2. The summed E-state index contributed by atoms with van der Waals surface area (Å²) in [6.45, 7) is 2.17. The fraction of sp³-hybridized carbons (Fsp3) is 0.174. The number of rotatable bonds is 7. The second kappa shape index (κ2) is 9.59. The van der Waals surface area contributed by atoms with Gasteiger partial charge in [-0.05, 0) is 42.7 Å². The van der Waals surface area contributed by atoms with Crippen LogP contribution in [0.1, 0.15) is 44.9 Å². The number of carbonyl (C=O) groups is 2. The van der Waals surface area contributed by atoms with Gasteiger partial charge in [-0.3, -0.25) is 14.6 Å². The Kier molecular flexibility index (Phi) is 6.68. The van der Waals surface area contributed by atoms with Crippen LogP contribution in [-0.4, -0.2) is 23.3 Å². The lowest BCUT2D eigenvalue weighted by Crippen LogP contribution is -2.29. The topological polar surface area (TPSA) is 71.1 Å². The molecule has 6 heteroatoms. The Hall–Kier alpha value is -3.54. The Bertz CT molecular complexity index is 992. The lowest BCUT2D eigenvalue weighted by Gasteiger charge is -2.14. The second-order valence-corrected chi connectivity index (χ2v) is 6.63. The molecule has 2 N–H and O–H groups in total. The third-order valence-electron chi connectivity index (χ3n) is 4.54. The first kappa shape index (κ1) is 20.2. The minimum absolute atomic E-state index is 0.162. The van der Waals surface area contributed by atoms with E-state index < -0.39 is 0 Å². The average Bonchev–Trinajstić information content (AvgIpc) is 2.75. The van der Waals surface area contributed by atoms with Crippen molar-refractivity contribution in [1.82, 2.24) is 15.6 Å². The van der Waals surface area contributed by atoms with Crippen LogP contribution in [0.15, 0.2) is 72.9 Å². The van der Waals surface area contributed by atoms with Gasteiger partial charge in [-0.1, -0.05) is 48.5 Å². The molecule has 1 aromatic heterocycles. The number of nitrogens with zero attached hydrogens (tertiary/aromatic N) is 1. The molecule has 0 aliphatic rings. The quantitative estimate of drug-likeness (QED) is 0.645. The molecule has 1 atom stereocenters. The first-order valence-electron chi connectivity index (χ1n) is 9.38. The molecular weight excluding hydrogens is 369 g/mol. The zero-order chi connectivity index (χ0) is 20.6. The molecule has 148 valence electrons. The van der Waals surface area contributed by atoms with E-state index in [9.17, 15) is 14.0 Å². The summed E-state index contributed by atoms with van der Waals surface area (Å²) in [7, 11) is 0. The van der Waals surface area contributed by atoms with E-state index in [2.05, 4.69) is 15.6 Å². The summed E-state index contributed by atoms with van der Waals surface area (Å²) >= 11 is 0. The van der Waals surface area contributed by atoms with E-state index in [1.165, 1.54) is 24.4 Å². The van der Waals surface area contributed by atoms with Gasteiger partial charge in [-0.15, -0.1) is 0 Å². The number of hydrogen-bond donors (Lipinski definition) is 2. The lowest BCUT2D eigenvalue weighted by molar-refractivity contribution is 0.0935. The van der Waals surface area contributed by atoms with Gasteiger partial charge in [0.1, 0.15) is 11.5 Å². The standard InChI is InChI=1S/C23H22FN3O2/c1-16(17-7-3-2-4-8-17)27-23(29)21-15-19(12-13-25-21)22(28)26-14-11-18-9-5-6-10-20(18)24/h2-10,12-13,15-16H,11,14H2,1H3,(H,26,28)(H,27,29). The number of benzene rings is 2. The highest BCUT2D eigenvalue weighted by Gasteiger charge is 2.15. The number of nitrogens with one attached hydrogen (secondary N) is 2. The fourth-order valence-corrected chi connectivity index (χ4v) is 2.91. The van der Waals surface area contributed by atoms with Crippen LogP contribution in [-0.2, 0) is 6.42 Å². The normalized spacial score (nSPS) is 11.5. The average molecular weight is 391 g/mol. The van der Waals surface area contributed by atoms with Crippen molar-refractivity contribution < 1.29 is 14.0 Å². The number of aromatic nitrogens is 1. The predicted molar refractivity (Wildman–Crippen MR) is 109 cm³/mol. The lowest BCUT2D eigenvalue weighted by atomic mass is 10.1. The number of carbonyl (C=O) groups excluding carboxylic acids is 2. The Balaban J connectivity index is 1.58. The van der Waals surface area contributed by atoms with Gasteiger partial charge < -0.3 is 10.6 Å². The summed E-state index contributed by atoms with van der Waals surface area (Å²) < 4.78 is 13.6. The summed E-state index contributed by atoms with van der Waals surface area (Å²) in [4.78, 5) is 28.9. The molecule has 0 saturated heterocycles. The van der Waals surface area contributed by atoms with E-state index in [1.54, 1.807) is 18.2 Å². The third-order valence-corrected chi connectivity index (χ3v) is 4.54. The molecule has 0 spiro atoms. The van der Waals surface area contributed by atoms with Crippen LogP contribution in [0.4, 0.5) is 4.39 Å². The van der Waals surface area contributed by atoms with Crippen LogP contribution >= 0.6 is 0 Å². The number of amides is 2. The molecule has 1 heterocycles. The van der Waals surface area contributed by atoms with Crippen molar-refractivity contribution in [2.45, 2.75) is 19.4 Å². The first-order valence-corrected chi connectivity index (χ1v) is 9.38. The largest absolute Gasteiger partial charge is 0.352 e. The van der Waals surface area contributed by atoms with Crippen molar-refractivity contribution in [3.8, 4) is 0 Å². The van der Waals surface area contributed by atoms with Crippen molar-refractivity contribution in [3.63, 3.8) is 0 Å². The Labute approximate surface area is 169 Å². The van der Waals surface area contributed by atoms with E-state index in [1.807, 2.05) is 37.3 Å². The zero-order valence-electron chi connectivity index (χ0n) is 16.1. The van der Waals surface area contributed by atoms with Gasteiger partial charge in [-0.25, -0.2) is 4.39 Å². The summed E-state index contributed by atoms with van der Waals surface area (Å²) in [6.07, 6.45) is 1.80. The fourth-order valence-electron chi connectivity index (χ4n) is 2.91. The molecule has 0 aliphatic heterocycles. The van der Waals surface area contributed by atoms with Crippen molar-refractivity contribution in [2.75, 3.05) is 6.54 Å². The molecule has 1 unspecified atom stereocenters. The van der Waals surface area contributed by atoms with Crippen LogP contribution in [0.3, 0.4) is 0 Å². The van der Waals surface area contributed by atoms with E-state index >= 15 is 0 Å². The highest BCUT2D eigenvalue weighted by atomic mass is 19.1. The van der Waals surface area contributed by atoms with Crippen molar-refractivity contribution in [2.24, 2.45) is 0 Å². The van der Waals surface area contributed by atoms with Gasteiger partial charge >= 0.3 is 0 Å². The number of pyridine rings is 1. The molecule has 3 aromatic rings. The first-order chi connectivity index (χ1) is 14.0. The SMILES string of the molecule is CC(NC(=O)c1cc(C(=O)NCCc2ccccc2F)ccn1)c1ccccc1. The molecule has 0 fully saturated rings. The van der Waals surface area contributed by atoms with Gasteiger partial charge in [0, 0.05) is 18.3 Å². The van der Waals surface area contributed by atoms with Crippen LogP contribution in [0, 0.1) is 5.82 Å². The third kappa shape index (κ3) is 5.48. The zero-order valence-corrected chi connectivity index (χ0v) is 16.1. The molecule has 2 aromatic carbocycles. The smallest absolute Gasteiger partial charge is 0.270 e. The molecule has 5 nitrogen and oxygen atoms in total. The van der Waals surface area contributed by atoms with Crippen molar-refractivity contribution in [1.29, 1.82) is 0 Å². The summed E-state index contributed by atoms with van der Waals surface area (Å²) in [5, 5.41) is 5.62. The van der Waals surface area contributed by atoms with Crippen LogP contribution in [0.25, 0.3) is 0 Å². The summed E-state index contributed by atoms with van der Waals surface area (Å²) in [5.74, 6) is -0.992. The summed E-state index contributed by atoms with van der Waals surface area (Å²) in [6, 6.07) is 18.8. The van der Waals surface area contributed by atoms with Crippen LogP contribution in [0.5, 0.6) is 0 Å². The predicted octanol–water partition coefficient (Wildman–Crippen LogP) is 3.68. The van der Waals surface area contributed by atoms with Crippen LogP contribution in [0.2, 0.25) is 0 Å². The maximum atomic E-state index is 13.6. The highest BCUT2D eigenvalue weighted by molar-refractivity contribution is 5.98. The molecule has 0 bridgehead atoms. The molecule has 29 heavy (non-hydrogen) atoms. The van der Waals surface area contributed by atoms with Gasteiger partial charge in [0.25, 0.3) is 11.8 Å². The summed E-state index contributed by atoms with van der Waals surface area (Å²) in [5.41, 5.74) is 2.00. The number of hydrogen-bond acceptors (Lipinski definition) is 3. The monoisotopic (exact) mass is 391 g/mol. The van der Waals surface area contributed by atoms with Gasteiger partial charge in [0.05, 0.1) is 6.04 Å². The van der Waals surface area contributed by atoms with Crippen molar-refractivity contribution >= 4 is 11.8 Å². The van der Waals surface area contributed by atoms with Crippen molar-refractivity contribution in [3.05, 3.63) is 101 Å². The number of halogens is 1. The molecule has 0 aliphatic carbocycles. The maximum absolute atomic E-state index is 13.6. The molecule has 0 saturated carbocycles. The van der Waals surface area contributed by atoms with E-state index in [0.717, 1.165) is 5.56 Å². The van der Waals surface area contributed by atoms with Crippen LogP contribution < -0.4 is 10.6 Å². The molecule has 3 rings (SSSR count). The Morgan fingerprint density at radius 3 is 2.48 bits per heavy atom. The van der Waals surface area contributed by atoms with Gasteiger partial charge in [-0.2, -0.15) is 0 Å². The maximum Gasteiger partial charge on any atom is 0.270 e. The minimum Gasteiger partial charge on any atom is -0.352 e. The Morgan fingerprint density at radius 1 is 1.00 bits per heavy atom. The Morgan fingerprint density at radius 2 is 1.72 bits per heavy atom. The minimum atomic E-state index is -0.359. The second-order valence-electron chi connectivity index (χ2n) is 6.63. The van der Waals surface area contributed by atoms with E-state index in [4.69, 9.17) is 0 Å². The molecule has 0 radical (unpaired) electrons. The van der Waals surface area contributed by atoms with E-state index in [0.29, 0.717) is 17.5 Å². The highest BCUT2D eigenvalue weighted by Crippen LogP contribution is 2.12. The van der Waals surface area contributed by atoms with Gasteiger partial charge in [0.2, 0.25) is 0 Å². The van der Waals surface area contributed by atoms with E-state index in [-0.39, 0.29) is 35.9 Å². The molecule has 2 amide bonds. The van der Waals surface area contributed by atoms with Gasteiger partial charge in [0.15, 0.2) is 0 Å².